The number of amides is 2. The smallest absolute Gasteiger partial charge is 0.346 e. The Morgan fingerprint density at radius 2 is 2.10 bits per heavy atom. The molecule has 1 atom stereocenters. The van der Waals surface area contributed by atoms with Gasteiger partial charge >= 0.3 is 6.03 Å². The van der Waals surface area contributed by atoms with Gasteiger partial charge in [0.25, 0.3) is 0 Å². The Kier molecular flexibility index (Phi) is 4.39. The van der Waals surface area contributed by atoms with Crippen LogP contribution in [-0.4, -0.2) is 30.4 Å². The van der Waals surface area contributed by atoms with Crippen molar-refractivity contribution in [2.75, 3.05) is 13.7 Å². The Balaban J connectivity index is 2.38. The van der Waals surface area contributed by atoms with Gasteiger partial charge in [-0.05, 0) is 17.0 Å². The standard InChI is InChI=1S/C15H21N3O2/c1-10(2)8-18-13(14(16)17-15(18)19)12-7-5-4-6-11(12)9-20-3/h4-7,10,13H,8-9H2,1-3H3,(H2,16,17,19). The molecule has 0 fully saturated rings. The van der Waals surface area contributed by atoms with E-state index < -0.39 is 0 Å². The summed E-state index contributed by atoms with van der Waals surface area (Å²) in [5, 5.41) is 0. The van der Waals surface area contributed by atoms with E-state index in [-0.39, 0.29) is 12.1 Å². The molecule has 2 rings (SSSR count). The van der Waals surface area contributed by atoms with Crippen molar-refractivity contribution in [1.29, 1.82) is 0 Å². The highest BCUT2D eigenvalue weighted by atomic mass is 16.5. The summed E-state index contributed by atoms with van der Waals surface area (Å²) in [5.41, 5.74) is 8.00. The summed E-state index contributed by atoms with van der Waals surface area (Å²) in [6, 6.07) is 7.33. The molecule has 0 radical (unpaired) electrons. The highest BCUT2D eigenvalue weighted by Gasteiger charge is 2.35. The largest absolute Gasteiger partial charge is 0.385 e. The van der Waals surface area contributed by atoms with Gasteiger partial charge in [-0.25, -0.2) is 4.79 Å². The normalized spacial score (nSPS) is 18.8. The van der Waals surface area contributed by atoms with Gasteiger partial charge < -0.3 is 15.4 Å². The molecule has 20 heavy (non-hydrogen) atoms. The number of nitrogens with zero attached hydrogens (tertiary/aromatic N) is 2. The van der Waals surface area contributed by atoms with Gasteiger partial charge in [0.05, 0.1) is 6.61 Å². The first-order chi connectivity index (χ1) is 9.54. The summed E-state index contributed by atoms with van der Waals surface area (Å²) >= 11 is 0. The van der Waals surface area contributed by atoms with Crippen molar-refractivity contribution in [2.45, 2.75) is 26.5 Å². The molecule has 1 aromatic carbocycles. The predicted octanol–water partition coefficient (Wildman–Crippen LogP) is 2.32. The minimum Gasteiger partial charge on any atom is -0.385 e. The summed E-state index contributed by atoms with van der Waals surface area (Å²) in [4.78, 5) is 17.7. The second-order valence-electron chi connectivity index (χ2n) is 5.40. The van der Waals surface area contributed by atoms with Crippen LogP contribution in [0.5, 0.6) is 0 Å². The fourth-order valence-electron chi connectivity index (χ4n) is 2.50. The third kappa shape index (κ3) is 2.82. The summed E-state index contributed by atoms with van der Waals surface area (Å²) in [7, 11) is 1.65. The van der Waals surface area contributed by atoms with E-state index in [4.69, 9.17) is 10.5 Å². The number of methoxy groups -OCH3 is 1. The molecule has 1 aliphatic heterocycles. The van der Waals surface area contributed by atoms with Crippen LogP contribution in [0.15, 0.2) is 29.3 Å². The van der Waals surface area contributed by atoms with Gasteiger partial charge in [-0.15, -0.1) is 0 Å². The van der Waals surface area contributed by atoms with Crippen molar-refractivity contribution in [1.82, 2.24) is 4.90 Å². The first-order valence-corrected chi connectivity index (χ1v) is 6.76. The molecule has 108 valence electrons. The van der Waals surface area contributed by atoms with Crippen LogP contribution >= 0.6 is 0 Å². The Morgan fingerprint density at radius 3 is 2.75 bits per heavy atom. The van der Waals surface area contributed by atoms with Crippen molar-refractivity contribution < 1.29 is 9.53 Å². The summed E-state index contributed by atoms with van der Waals surface area (Å²) < 4.78 is 5.22. The minimum absolute atomic E-state index is 0.256. The van der Waals surface area contributed by atoms with Crippen LogP contribution in [0.2, 0.25) is 0 Å². The molecule has 1 heterocycles. The van der Waals surface area contributed by atoms with Crippen LogP contribution in [-0.2, 0) is 11.3 Å². The fourth-order valence-corrected chi connectivity index (χ4v) is 2.50. The van der Waals surface area contributed by atoms with Gasteiger partial charge in [0.2, 0.25) is 0 Å². The van der Waals surface area contributed by atoms with Crippen LogP contribution in [0.1, 0.15) is 31.0 Å². The lowest BCUT2D eigenvalue weighted by molar-refractivity contribution is 0.180. The summed E-state index contributed by atoms with van der Waals surface area (Å²) in [6.45, 7) is 5.26. The molecule has 0 saturated heterocycles. The first-order valence-electron chi connectivity index (χ1n) is 6.76. The SMILES string of the molecule is COCc1ccccc1C1C(N)=NC(=O)N1CC(C)C. The molecule has 5 nitrogen and oxygen atoms in total. The molecule has 1 aliphatic rings. The molecular formula is C15H21N3O2. The quantitative estimate of drug-likeness (QED) is 0.896. The second-order valence-corrected chi connectivity index (χ2v) is 5.40. The van der Waals surface area contributed by atoms with Crippen molar-refractivity contribution in [3.8, 4) is 0 Å². The van der Waals surface area contributed by atoms with Crippen LogP contribution in [0.3, 0.4) is 0 Å². The number of amidine groups is 1. The van der Waals surface area contributed by atoms with E-state index in [1.54, 1.807) is 12.0 Å². The highest BCUT2D eigenvalue weighted by Crippen LogP contribution is 2.30. The molecule has 0 saturated carbocycles. The van der Waals surface area contributed by atoms with E-state index in [9.17, 15) is 4.79 Å². The van der Waals surface area contributed by atoms with Crippen molar-refractivity contribution in [3.05, 3.63) is 35.4 Å². The van der Waals surface area contributed by atoms with E-state index in [2.05, 4.69) is 18.8 Å². The molecule has 2 N–H and O–H groups in total. The van der Waals surface area contributed by atoms with Crippen LogP contribution < -0.4 is 5.73 Å². The number of benzene rings is 1. The maximum atomic E-state index is 12.0. The van der Waals surface area contributed by atoms with Gasteiger partial charge in [0, 0.05) is 13.7 Å². The Labute approximate surface area is 119 Å². The van der Waals surface area contributed by atoms with Gasteiger partial charge in [-0.1, -0.05) is 38.1 Å². The number of aliphatic imine (C=N–C) groups is 1. The van der Waals surface area contributed by atoms with Crippen LogP contribution in [0.4, 0.5) is 4.79 Å². The topological polar surface area (TPSA) is 67.9 Å². The van der Waals surface area contributed by atoms with Gasteiger partial charge in [0.1, 0.15) is 11.9 Å². The van der Waals surface area contributed by atoms with E-state index >= 15 is 0 Å². The van der Waals surface area contributed by atoms with E-state index in [1.165, 1.54) is 0 Å². The number of rotatable bonds is 5. The molecular weight excluding hydrogens is 254 g/mol. The molecule has 0 spiro atoms. The van der Waals surface area contributed by atoms with Gasteiger partial charge in [-0.3, -0.25) is 0 Å². The average molecular weight is 275 g/mol. The number of carbonyl (C=O) groups excluding carboxylic acids is 1. The van der Waals surface area contributed by atoms with Crippen LogP contribution in [0.25, 0.3) is 0 Å². The van der Waals surface area contributed by atoms with Crippen molar-refractivity contribution >= 4 is 11.9 Å². The maximum absolute atomic E-state index is 12.0. The Morgan fingerprint density at radius 1 is 1.40 bits per heavy atom. The van der Waals surface area contributed by atoms with Gasteiger partial charge in [0.15, 0.2) is 0 Å². The van der Waals surface area contributed by atoms with E-state index in [1.807, 2.05) is 24.3 Å². The lowest BCUT2D eigenvalue weighted by atomic mass is 9.98. The minimum atomic E-state index is -0.281. The fraction of sp³-hybridized carbons (Fsp3) is 0.467. The molecule has 2 amide bonds. The third-order valence-corrected chi connectivity index (χ3v) is 3.27. The number of hydrogen-bond donors (Lipinski definition) is 1. The number of ether oxygens (including phenoxy) is 1. The maximum Gasteiger partial charge on any atom is 0.346 e. The lowest BCUT2D eigenvalue weighted by Crippen LogP contribution is -2.36. The lowest BCUT2D eigenvalue weighted by Gasteiger charge is -2.27. The van der Waals surface area contributed by atoms with Crippen LogP contribution in [0, 0.1) is 5.92 Å². The molecule has 0 aliphatic carbocycles. The molecule has 1 unspecified atom stereocenters. The number of carbonyl (C=O) groups is 1. The molecule has 5 heteroatoms. The average Bonchev–Trinajstić information content (AvgIpc) is 2.65. The monoisotopic (exact) mass is 275 g/mol. The Hall–Kier alpha value is -1.88. The Bertz CT molecular complexity index is 526. The zero-order valence-corrected chi connectivity index (χ0v) is 12.2. The summed E-state index contributed by atoms with van der Waals surface area (Å²) in [6.07, 6.45) is 0. The highest BCUT2D eigenvalue weighted by molar-refractivity contribution is 6.03. The molecule has 1 aromatic rings. The predicted molar refractivity (Wildman–Crippen MR) is 78.5 cm³/mol. The van der Waals surface area contributed by atoms with Crippen molar-refractivity contribution in [3.63, 3.8) is 0 Å². The number of urea groups is 1. The molecule has 0 aromatic heterocycles. The summed E-state index contributed by atoms with van der Waals surface area (Å²) in [5.74, 6) is 0.719. The third-order valence-electron chi connectivity index (χ3n) is 3.27. The van der Waals surface area contributed by atoms with E-state index in [0.29, 0.717) is 24.9 Å². The van der Waals surface area contributed by atoms with E-state index in [0.717, 1.165) is 11.1 Å². The number of hydrogen-bond acceptors (Lipinski definition) is 3. The zero-order chi connectivity index (χ0) is 14.7. The van der Waals surface area contributed by atoms with Crippen molar-refractivity contribution in [2.24, 2.45) is 16.6 Å². The second kappa shape index (κ2) is 6.05. The first kappa shape index (κ1) is 14.5. The van der Waals surface area contributed by atoms with Gasteiger partial charge in [-0.2, -0.15) is 4.99 Å². The zero-order valence-electron chi connectivity index (χ0n) is 12.2. The number of nitrogens with two attached hydrogens (primary N) is 1. The molecule has 0 bridgehead atoms.